The molecule has 0 aliphatic carbocycles. The van der Waals surface area contributed by atoms with Gasteiger partial charge in [0.25, 0.3) is 5.91 Å². The highest BCUT2D eigenvalue weighted by Gasteiger charge is 2.24. The number of hydrogen-bond donors (Lipinski definition) is 1. The van der Waals surface area contributed by atoms with Gasteiger partial charge in [-0.15, -0.1) is 0 Å². The average Bonchev–Trinajstić information content (AvgIpc) is 3.14. The number of benzene rings is 1. The SMILES string of the molecule is O=C(Nc1cccc2ncccc12)c1nc(CN2CCS(=O)(=O)CC2)c2ccccn12. The summed E-state index contributed by atoms with van der Waals surface area (Å²) in [7, 11) is -2.95. The third kappa shape index (κ3) is 3.89. The van der Waals surface area contributed by atoms with Gasteiger partial charge in [-0.3, -0.25) is 19.1 Å². The van der Waals surface area contributed by atoms with E-state index in [1.807, 2.05) is 54.7 Å². The van der Waals surface area contributed by atoms with E-state index in [-0.39, 0.29) is 23.2 Å². The number of pyridine rings is 2. The summed E-state index contributed by atoms with van der Waals surface area (Å²) in [6.07, 6.45) is 3.53. The van der Waals surface area contributed by atoms with Crippen molar-refractivity contribution in [2.45, 2.75) is 6.54 Å². The molecule has 0 atom stereocenters. The van der Waals surface area contributed by atoms with Crippen LogP contribution in [-0.2, 0) is 16.4 Å². The van der Waals surface area contributed by atoms with E-state index in [0.717, 1.165) is 22.1 Å². The van der Waals surface area contributed by atoms with E-state index in [9.17, 15) is 13.2 Å². The second kappa shape index (κ2) is 7.75. The average molecular weight is 436 g/mol. The largest absolute Gasteiger partial charge is 0.319 e. The molecule has 4 heterocycles. The molecule has 8 nitrogen and oxygen atoms in total. The van der Waals surface area contributed by atoms with Crippen LogP contribution in [0, 0.1) is 0 Å². The molecule has 1 saturated heterocycles. The molecule has 5 rings (SSSR count). The molecule has 1 amide bonds. The van der Waals surface area contributed by atoms with Crippen LogP contribution in [0.15, 0.2) is 60.9 Å². The maximum absolute atomic E-state index is 13.2. The number of rotatable bonds is 4. The van der Waals surface area contributed by atoms with Crippen LogP contribution in [0.25, 0.3) is 16.4 Å². The molecule has 0 saturated carbocycles. The van der Waals surface area contributed by atoms with E-state index in [0.29, 0.717) is 25.3 Å². The maximum Gasteiger partial charge on any atom is 0.292 e. The summed E-state index contributed by atoms with van der Waals surface area (Å²) in [5.74, 6) is 0.281. The summed E-state index contributed by atoms with van der Waals surface area (Å²) in [6.45, 7) is 1.44. The topological polar surface area (TPSA) is 96.7 Å². The van der Waals surface area contributed by atoms with E-state index < -0.39 is 9.84 Å². The fourth-order valence-corrected chi connectivity index (χ4v) is 5.17. The first-order valence-electron chi connectivity index (χ1n) is 10.0. The molecule has 4 aromatic rings. The lowest BCUT2D eigenvalue weighted by molar-refractivity contribution is 0.101. The molecule has 0 bridgehead atoms. The van der Waals surface area contributed by atoms with Crippen LogP contribution in [-0.4, -0.2) is 58.2 Å². The van der Waals surface area contributed by atoms with Gasteiger partial charge in [0.05, 0.1) is 33.9 Å². The van der Waals surface area contributed by atoms with Gasteiger partial charge in [-0.2, -0.15) is 0 Å². The van der Waals surface area contributed by atoms with Crippen molar-refractivity contribution in [3.8, 4) is 0 Å². The Morgan fingerprint density at radius 1 is 1.03 bits per heavy atom. The molecule has 1 N–H and O–H groups in total. The number of imidazole rings is 1. The number of sulfone groups is 1. The van der Waals surface area contributed by atoms with E-state index in [4.69, 9.17) is 0 Å². The molecular formula is C22H21N5O3S. The number of fused-ring (bicyclic) bond motifs is 2. The number of carbonyl (C=O) groups is 1. The Kier molecular flexibility index (Phi) is 4.91. The monoisotopic (exact) mass is 435 g/mol. The standard InChI is InChI=1S/C22H21N5O3S/c28-22(25-18-7-3-6-17-16(18)5-4-9-23-17)21-24-19(20-8-1-2-10-27(20)21)15-26-11-13-31(29,30)14-12-26/h1-10H,11-15H2,(H,25,28). The molecule has 0 unspecified atom stereocenters. The molecule has 1 aliphatic rings. The summed E-state index contributed by atoms with van der Waals surface area (Å²) in [5.41, 5.74) is 3.06. The van der Waals surface area contributed by atoms with Crippen LogP contribution in [0.3, 0.4) is 0 Å². The molecule has 1 aromatic carbocycles. The van der Waals surface area contributed by atoms with Gasteiger partial charge < -0.3 is 5.32 Å². The van der Waals surface area contributed by atoms with Crippen molar-refractivity contribution in [2.75, 3.05) is 29.9 Å². The minimum atomic E-state index is -2.95. The maximum atomic E-state index is 13.2. The molecule has 0 radical (unpaired) electrons. The van der Waals surface area contributed by atoms with Crippen LogP contribution in [0.5, 0.6) is 0 Å². The lowest BCUT2D eigenvalue weighted by atomic mass is 10.2. The molecule has 31 heavy (non-hydrogen) atoms. The van der Waals surface area contributed by atoms with Gasteiger partial charge in [-0.25, -0.2) is 13.4 Å². The first-order valence-corrected chi connectivity index (χ1v) is 11.9. The Morgan fingerprint density at radius 2 is 1.87 bits per heavy atom. The van der Waals surface area contributed by atoms with E-state index >= 15 is 0 Å². The van der Waals surface area contributed by atoms with Gasteiger partial charge in [0.2, 0.25) is 5.82 Å². The zero-order valence-corrected chi connectivity index (χ0v) is 17.5. The Bertz CT molecular complexity index is 1380. The molecular weight excluding hydrogens is 414 g/mol. The van der Waals surface area contributed by atoms with Crippen molar-refractivity contribution in [2.24, 2.45) is 0 Å². The highest BCUT2D eigenvalue weighted by molar-refractivity contribution is 7.91. The van der Waals surface area contributed by atoms with E-state index in [1.165, 1.54) is 0 Å². The Hall–Kier alpha value is -3.30. The molecule has 0 spiro atoms. The number of hydrogen-bond acceptors (Lipinski definition) is 6. The first kappa shape index (κ1) is 19.7. The van der Waals surface area contributed by atoms with Crippen molar-refractivity contribution >= 4 is 37.9 Å². The lowest BCUT2D eigenvalue weighted by Crippen LogP contribution is -2.39. The van der Waals surface area contributed by atoms with Crippen molar-refractivity contribution in [1.29, 1.82) is 0 Å². The summed E-state index contributed by atoms with van der Waals surface area (Å²) >= 11 is 0. The van der Waals surface area contributed by atoms with Crippen molar-refractivity contribution in [3.05, 3.63) is 72.4 Å². The Labute approximate surface area is 179 Å². The first-order chi connectivity index (χ1) is 15.0. The second-order valence-electron chi connectivity index (χ2n) is 7.60. The second-order valence-corrected chi connectivity index (χ2v) is 9.90. The number of aromatic nitrogens is 3. The smallest absolute Gasteiger partial charge is 0.292 e. The van der Waals surface area contributed by atoms with Crippen molar-refractivity contribution < 1.29 is 13.2 Å². The summed E-state index contributed by atoms with van der Waals surface area (Å²) in [6, 6.07) is 15.0. The molecule has 158 valence electrons. The third-order valence-corrected chi connectivity index (χ3v) is 7.14. The molecule has 3 aromatic heterocycles. The van der Waals surface area contributed by atoms with Crippen molar-refractivity contribution in [1.82, 2.24) is 19.3 Å². The fraction of sp³-hybridized carbons (Fsp3) is 0.227. The Morgan fingerprint density at radius 3 is 2.71 bits per heavy atom. The van der Waals surface area contributed by atoms with Crippen LogP contribution >= 0.6 is 0 Å². The number of amides is 1. The van der Waals surface area contributed by atoms with Crippen LogP contribution in [0.1, 0.15) is 16.3 Å². The van der Waals surface area contributed by atoms with Crippen LogP contribution in [0.4, 0.5) is 5.69 Å². The summed E-state index contributed by atoms with van der Waals surface area (Å²) in [5, 5.41) is 3.82. The highest BCUT2D eigenvalue weighted by Crippen LogP contribution is 2.23. The van der Waals surface area contributed by atoms with Crippen molar-refractivity contribution in [3.63, 3.8) is 0 Å². The number of nitrogens with one attached hydrogen (secondary N) is 1. The molecule has 1 fully saturated rings. The number of carbonyl (C=O) groups excluding carboxylic acids is 1. The quantitative estimate of drug-likeness (QED) is 0.529. The van der Waals surface area contributed by atoms with Gasteiger partial charge in [0, 0.05) is 37.4 Å². The van der Waals surface area contributed by atoms with Gasteiger partial charge in [-0.05, 0) is 36.4 Å². The van der Waals surface area contributed by atoms with E-state index in [1.54, 1.807) is 10.6 Å². The third-order valence-electron chi connectivity index (χ3n) is 5.53. The van der Waals surface area contributed by atoms with Gasteiger partial charge in [0.1, 0.15) is 0 Å². The Balaban J connectivity index is 1.45. The van der Waals surface area contributed by atoms with Gasteiger partial charge >= 0.3 is 0 Å². The predicted molar refractivity (Wildman–Crippen MR) is 119 cm³/mol. The van der Waals surface area contributed by atoms with E-state index in [2.05, 4.69) is 20.2 Å². The normalized spacial score (nSPS) is 16.5. The lowest BCUT2D eigenvalue weighted by Gasteiger charge is -2.25. The zero-order valence-electron chi connectivity index (χ0n) is 16.7. The predicted octanol–water partition coefficient (Wildman–Crippen LogP) is 2.37. The minimum absolute atomic E-state index is 0.154. The fourth-order valence-electron chi connectivity index (χ4n) is 3.89. The number of nitrogens with zero attached hydrogens (tertiary/aromatic N) is 4. The molecule has 1 aliphatic heterocycles. The van der Waals surface area contributed by atoms with Crippen LogP contribution in [0.2, 0.25) is 0 Å². The van der Waals surface area contributed by atoms with Crippen LogP contribution < -0.4 is 5.32 Å². The minimum Gasteiger partial charge on any atom is -0.319 e. The molecule has 9 heteroatoms. The number of anilines is 1. The zero-order chi connectivity index (χ0) is 21.4. The summed E-state index contributed by atoms with van der Waals surface area (Å²) in [4.78, 5) is 24.2. The van der Waals surface area contributed by atoms with Gasteiger partial charge in [0.15, 0.2) is 9.84 Å². The highest BCUT2D eigenvalue weighted by atomic mass is 32.2. The van der Waals surface area contributed by atoms with Gasteiger partial charge in [-0.1, -0.05) is 12.1 Å². The summed E-state index contributed by atoms with van der Waals surface area (Å²) < 4.78 is 25.2.